The molecule has 0 radical (unpaired) electrons. The zero-order valence-electron chi connectivity index (χ0n) is 9.62. The Morgan fingerprint density at radius 3 is 2.44 bits per heavy atom. The molecular formula is C14H19BrO. The van der Waals surface area contributed by atoms with Gasteiger partial charge in [0, 0.05) is 10.9 Å². The van der Waals surface area contributed by atoms with E-state index in [9.17, 15) is 4.79 Å². The maximum absolute atomic E-state index is 10.1. The molecule has 0 spiro atoms. The molecule has 1 aromatic rings. The normalized spacial score (nSPS) is 10.3. The highest BCUT2D eigenvalue weighted by Crippen LogP contribution is 2.18. The minimum atomic E-state index is 0.726. The molecule has 0 aromatic heterocycles. The molecular weight excluding hydrogens is 264 g/mol. The molecule has 0 unspecified atom stereocenters. The lowest BCUT2D eigenvalue weighted by Crippen LogP contribution is -1.87. The Kier molecular flexibility index (Phi) is 7.15. The Hall–Kier alpha value is -0.630. The first-order valence-corrected chi connectivity index (χ1v) is 6.81. The van der Waals surface area contributed by atoms with E-state index in [1.165, 1.54) is 35.7 Å². The molecule has 0 N–H and O–H groups in total. The van der Waals surface area contributed by atoms with Crippen LogP contribution in [0.1, 0.15) is 44.1 Å². The summed E-state index contributed by atoms with van der Waals surface area (Å²) in [5.74, 6) is 0. The van der Waals surface area contributed by atoms with Crippen molar-refractivity contribution in [2.75, 3.05) is 0 Å². The van der Waals surface area contributed by atoms with Crippen molar-refractivity contribution in [2.45, 2.75) is 44.9 Å². The van der Waals surface area contributed by atoms with Crippen LogP contribution < -0.4 is 0 Å². The smallest absolute Gasteiger partial charge is 0.119 e. The van der Waals surface area contributed by atoms with Crippen molar-refractivity contribution in [1.82, 2.24) is 0 Å². The first-order chi connectivity index (χ1) is 7.84. The average Bonchev–Trinajstić information content (AvgIpc) is 2.30. The first kappa shape index (κ1) is 13.4. The zero-order chi connectivity index (χ0) is 11.6. The molecule has 0 aliphatic heterocycles. The predicted molar refractivity (Wildman–Crippen MR) is 71.6 cm³/mol. The number of aldehydes is 1. The number of hydrogen-bond donors (Lipinski definition) is 0. The third kappa shape index (κ3) is 5.45. The summed E-state index contributed by atoms with van der Waals surface area (Å²) < 4.78 is 1.22. The van der Waals surface area contributed by atoms with Crippen molar-refractivity contribution in [1.29, 1.82) is 0 Å². The van der Waals surface area contributed by atoms with Gasteiger partial charge in [0.2, 0.25) is 0 Å². The minimum Gasteiger partial charge on any atom is -0.303 e. The van der Waals surface area contributed by atoms with Crippen molar-refractivity contribution >= 4 is 22.2 Å². The topological polar surface area (TPSA) is 17.1 Å². The number of unbranched alkanes of at least 4 members (excludes halogenated alkanes) is 5. The van der Waals surface area contributed by atoms with E-state index >= 15 is 0 Å². The highest BCUT2D eigenvalue weighted by molar-refractivity contribution is 9.10. The molecule has 0 aliphatic rings. The molecule has 0 fully saturated rings. The largest absolute Gasteiger partial charge is 0.303 e. The van der Waals surface area contributed by atoms with Crippen molar-refractivity contribution in [2.24, 2.45) is 0 Å². The van der Waals surface area contributed by atoms with Crippen molar-refractivity contribution in [3.63, 3.8) is 0 Å². The number of carbonyl (C=O) groups excluding carboxylic acids is 1. The van der Waals surface area contributed by atoms with E-state index in [1.54, 1.807) is 0 Å². The number of benzene rings is 1. The molecule has 0 amide bonds. The molecule has 0 aliphatic carbocycles. The van der Waals surface area contributed by atoms with Gasteiger partial charge in [-0.15, -0.1) is 0 Å². The van der Waals surface area contributed by atoms with Crippen LogP contribution in [0.4, 0.5) is 0 Å². The van der Waals surface area contributed by atoms with E-state index in [2.05, 4.69) is 34.1 Å². The van der Waals surface area contributed by atoms with Gasteiger partial charge >= 0.3 is 0 Å². The Morgan fingerprint density at radius 1 is 1.00 bits per heavy atom. The van der Waals surface area contributed by atoms with Gasteiger partial charge in [-0.2, -0.15) is 0 Å². The number of halogens is 1. The maximum Gasteiger partial charge on any atom is 0.119 e. The fourth-order valence-electron chi connectivity index (χ4n) is 1.77. The quantitative estimate of drug-likeness (QED) is 0.506. The third-order valence-electron chi connectivity index (χ3n) is 2.73. The second-order valence-corrected chi connectivity index (χ2v) is 4.92. The van der Waals surface area contributed by atoms with Crippen molar-refractivity contribution in [3.8, 4) is 0 Å². The number of carbonyl (C=O) groups is 1. The maximum atomic E-state index is 10.1. The summed E-state index contributed by atoms with van der Waals surface area (Å²) in [6.45, 7) is 0. The minimum absolute atomic E-state index is 0.726. The molecule has 1 aromatic carbocycles. The molecule has 2 heteroatoms. The van der Waals surface area contributed by atoms with Crippen LogP contribution in [0.5, 0.6) is 0 Å². The van der Waals surface area contributed by atoms with Gasteiger partial charge in [-0.25, -0.2) is 0 Å². The summed E-state index contributed by atoms with van der Waals surface area (Å²) in [6.07, 6.45) is 8.88. The number of hydrogen-bond acceptors (Lipinski definition) is 1. The summed E-state index contributed by atoms with van der Waals surface area (Å²) in [6, 6.07) is 8.41. The molecule has 0 heterocycles. The van der Waals surface area contributed by atoms with E-state index in [0.717, 1.165) is 25.5 Å². The van der Waals surface area contributed by atoms with Gasteiger partial charge in [-0.3, -0.25) is 0 Å². The fourth-order valence-corrected chi connectivity index (χ4v) is 2.26. The average molecular weight is 283 g/mol. The Morgan fingerprint density at radius 2 is 1.69 bits per heavy atom. The van der Waals surface area contributed by atoms with Gasteiger partial charge in [-0.05, 0) is 30.9 Å². The lowest BCUT2D eigenvalue weighted by Gasteiger charge is -2.03. The second kappa shape index (κ2) is 8.51. The molecule has 0 saturated carbocycles. The van der Waals surface area contributed by atoms with Crippen LogP contribution in [0.15, 0.2) is 28.7 Å². The van der Waals surface area contributed by atoms with E-state index in [4.69, 9.17) is 0 Å². The van der Waals surface area contributed by atoms with Crippen LogP contribution in [0.25, 0.3) is 0 Å². The summed E-state index contributed by atoms with van der Waals surface area (Å²) in [4.78, 5) is 10.1. The standard InChI is InChI=1S/C14H19BrO/c15-14-11-7-6-10-13(14)9-5-3-1-2-4-8-12-16/h6-7,10-12H,1-5,8-9H2. The molecule has 16 heavy (non-hydrogen) atoms. The van der Waals surface area contributed by atoms with Crippen molar-refractivity contribution < 1.29 is 4.79 Å². The Balaban J connectivity index is 2.07. The van der Waals surface area contributed by atoms with Crippen LogP contribution in [0.2, 0.25) is 0 Å². The predicted octanol–water partition coefficient (Wildman–Crippen LogP) is 4.53. The van der Waals surface area contributed by atoms with Crippen molar-refractivity contribution in [3.05, 3.63) is 34.3 Å². The Bertz CT molecular complexity index is 309. The molecule has 0 bridgehead atoms. The number of rotatable bonds is 8. The van der Waals surface area contributed by atoms with Crippen LogP contribution in [-0.2, 0) is 11.2 Å². The van der Waals surface area contributed by atoms with Gasteiger partial charge in [0.15, 0.2) is 0 Å². The molecule has 0 saturated heterocycles. The van der Waals surface area contributed by atoms with E-state index < -0.39 is 0 Å². The van der Waals surface area contributed by atoms with Crippen LogP contribution >= 0.6 is 15.9 Å². The third-order valence-corrected chi connectivity index (χ3v) is 3.50. The van der Waals surface area contributed by atoms with E-state index in [0.29, 0.717) is 0 Å². The number of aryl methyl sites for hydroxylation is 1. The van der Waals surface area contributed by atoms with E-state index in [1.807, 2.05) is 6.07 Å². The van der Waals surface area contributed by atoms with Crippen LogP contribution in [0.3, 0.4) is 0 Å². The van der Waals surface area contributed by atoms with Gasteiger partial charge < -0.3 is 4.79 Å². The van der Waals surface area contributed by atoms with Gasteiger partial charge in [0.05, 0.1) is 0 Å². The van der Waals surface area contributed by atoms with Crippen LogP contribution in [0, 0.1) is 0 Å². The summed E-state index contributed by atoms with van der Waals surface area (Å²) in [5, 5.41) is 0. The fraction of sp³-hybridized carbons (Fsp3) is 0.500. The van der Waals surface area contributed by atoms with E-state index in [-0.39, 0.29) is 0 Å². The summed E-state index contributed by atoms with van der Waals surface area (Å²) in [7, 11) is 0. The zero-order valence-corrected chi connectivity index (χ0v) is 11.2. The van der Waals surface area contributed by atoms with Gasteiger partial charge in [-0.1, -0.05) is 53.4 Å². The van der Waals surface area contributed by atoms with Gasteiger partial charge in [0.1, 0.15) is 6.29 Å². The highest BCUT2D eigenvalue weighted by Gasteiger charge is 1.98. The van der Waals surface area contributed by atoms with Gasteiger partial charge in [0.25, 0.3) is 0 Å². The Labute approximate surface area is 106 Å². The molecule has 0 atom stereocenters. The highest BCUT2D eigenvalue weighted by atomic mass is 79.9. The monoisotopic (exact) mass is 282 g/mol. The second-order valence-electron chi connectivity index (χ2n) is 4.06. The molecule has 1 rings (SSSR count). The molecule has 1 nitrogen and oxygen atoms in total. The first-order valence-electron chi connectivity index (χ1n) is 6.01. The van der Waals surface area contributed by atoms with Crippen LogP contribution in [-0.4, -0.2) is 6.29 Å². The SMILES string of the molecule is O=CCCCCCCCc1ccccc1Br. The lowest BCUT2D eigenvalue weighted by molar-refractivity contribution is -0.107. The summed E-state index contributed by atoms with van der Waals surface area (Å²) in [5.41, 5.74) is 1.40. The molecule has 88 valence electrons. The lowest BCUT2D eigenvalue weighted by atomic mass is 10.1. The summed E-state index contributed by atoms with van der Waals surface area (Å²) >= 11 is 3.56.